The lowest BCUT2D eigenvalue weighted by atomic mass is 9.96. The van der Waals surface area contributed by atoms with E-state index in [1.54, 1.807) is 24.6 Å². The molecule has 0 saturated carbocycles. The maximum Gasteiger partial charge on any atom is 0.309 e. The molecule has 0 atom stereocenters. The molecule has 166 valence electrons. The van der Waals surface area contributed by atoms with Crippen molar-refractivity contribution in [2.75, 3.05) is 26.8 Å². The number of ether oxygens (including phenoxy) is 2. The summed E-state index contributed by atoms with van der Waals surface area (Å²) in [4.78, 5) is 40.1. The van der Waals surface area contributed by atoms with Gasteiger partial charge in [0, 0.05) is 30.4 Å². The Balaban J connectivity index is 1.62. The Hall–Kier alpha value is -3.61. The summed E-state index contributed by atoms with van der Waals surface area (Å²) in [7, 11) is 1.60. The van der Waals surface area contributed by atoms with Crippen LogP contribution in [0.3, 0.4) is 0 Å². The minimum atomic E-state index is -0.559. The number of methoxy groups -OCH3 is 1. The Kier molecular flexibility index (Phi) is 6.25. The molecular formula is C25H26N2O5. The van der Waals surface area contributed by atoms with Crippen LogP contribution in [0, 0.1) is 5.92 Å². The molecule has 3 heterocycles. The Morgan fingerprint density at radius 1 is 1.03 bits per heavy atom. The number of pyridine rings is 1. The predicted octanol–water partition coefficient (Wildman–Crippen LogP) is 3.60. The number of piperidine rings is 1. The van der Waals surface area contributed by atoms with Crippen LogP contribution in [-0.4, -0.2) is 53.8 Å². The first kappa shape index (κ1) is 21.6. The number of esters is 1. The minimum absolute atomic E-state index is 0.224. The largest absolute Gasteiger partial charge is 0.497 e. The summed E-state index contributed by atoms with van der Waals surface area (Å²) in [5.74, 6) is -0.850. The van der Waals surface area contributed by atoms with Crippen molar-refractivity contribution in [3.05, 3.63) is 60.4 Å². The van der Waals surface area contributed by atoms with Gasteiger partial charge in [0.05, 0.1) is 19.6 Å². The normalized spacial score (nSPS) is 14.4. The number of carbonyl (C=O) groups is 3. The van der Waals surface area contributed by atoms with Crippen LogP contribution in [-0.2, 0) is 14.3 Å². The van der Waals surface area contributed by atoms with Crippen molar-refractivity contribution in [3.8, 4) is 16.9 Å². The third-order valence-corrected chi connectivity index (χ3v) is 5.89. The van der Waals surface area contributed by atoms with Crippen LogP contribution in [0.2, 0.25) is 0 Å². The monoisotopic (exact) mass is 434 g/mol. The van der Waals surface area contributed by atoms with Gasteiger partial charge in [-0.1, -0.05) is 18.2 Å². The number of nitrogens with zero attached hydrogens (tertiary/aromatic N) is 2. The third-order valence-electron chi connectivity index (χ3n) is 5.89. The fourth-order valence-corrected chi connectivity index (χ4v) is 4.17. The van der Waals surface area contributed by atoms with Crippen LogP contribution in [0.15, 0.2) is 54.7 Å². The number of rotatable bonds is 6. The van der Waals surface area contributed by atoms with E-state index in [1.807, 2.05) is 48.5 Å². The molecule has 0 N–H and O–H groups in total. The van der Waals surface area contributed by atoms with E-state index in [4.69, 9.17) is 9.47 Å². The highest BCUT2D eigenvalue weighted by atomic mass is 16.5. The van der Waals surface area contributed by atoms with Crippen LogP contribution < -0.4 is 4.74 Å². The van der Waals surface area contributed by atoms with E-state index in [0.29, 0.717) is 49.5 Å². The molecule has 2 aromatic heterocycles. The summed E-state index contributed by atoms with van der Waals surface area (Å²) in [5.41, 5.74) is 2.68. The Morgan fingerprint density at radius 2 is 1.75 bits per heavy atom. The van der Waals surface area contributed by atoms with Crippen molar-refractivity contribution < 1.29 is 23.9 Å². The topological polar surface area (TPSA) is 77.3 Å². The molecule has 1 aliphatic rings. The first-order chi connectivity index (χ1) is 15.5. The fourth-order valence-electron chi connectivity index (χ4n) is 4.17. The summed E-state index contributed by atoms with van der Waals surface area (Å²) in [6.07, 6.45) is 2.78. The maximum absolute atomic E-state index is 13.4. The van der Waals surface area contributed by atoms with Crippen molar-refractivity contribution in [2.24, 2.45) is 5.92 Å². The number of fused-ring (bicyclic) bond motifs is 1. The third kappa shape index (κ3) is 4.10. The number of aromatic nitrogens is 1. The van der Waals surface area contributed by atoms with E-state index >= 15 is 0 Å². The molecule has 7 heteroatoms. The zero-order valence-electron chi connectivity index (χ0n) is 18.2. The van der Waals surface area contributed by atoms with E-state index in [2.05, 4.69) is 0 Å². The fraction of sp³-hybridized carbons (Fsp3) is 0.320. The first-order valence-electron chi connectivity index (χ1n) is 10.8. The van der Waals surface area contributed by atoms with Crippen molar-refractivity contribution >= 4 is 23.2 Å². The van der Waals surface area contributed by atoms with Crippen LogP contribution in [0.5, 0.6) is 5.75 Å². The second kappa shape index (κ2) is 9.26. The number of likely N-dealkylation sites (tertiary alicyclic amines) is 1. The molecule has 0 spiro atoms. The van der Waals surface area contributed by atoms with Crippen LogP contribution in [0.4, 0.5) is 0 Å². The summed E-state index contributed by atoms with van der Waals surface area (Å²) in [6, 6.07) is 14.9. The zero-order valence-corrected chi connectivity index (χ0v) is 18.2. The number of Topliss-reactive ketones (excluding diaryl/α,β-unsaturated/α-hetero) is 1. The molecule has 0 bridgehead atoms. The molecule has 32 heavy (non-hydrogen) atoms. The highest BCUT2D eigenvalue weighted by molar-refractivity contribution is 6.43. The lowest BCUT2D eigenvalue weighted by molar-refractivity contribution is -0.150. The van der Waals surface area contributed by atoms with E-state index < -0.39 is 11.7 Å². The number of benzene rings is 1. The Morgan fingerprint density at radius 3 is 2.41 bits per heavy atom. The van der Waals surface area contributed by atoms with Crippen molar-refractivity contribution in [1.82, 2.24) is 9.30 Å². The zero-order chi connectivity index (χ0) is 22.7. The summed E-state index contributed by atoms with van der Waals surface area (Å²) in [5, 5.41) is 0. The lowest BCUT2D eigenvalue weighted by Gasteiger charge is -2.30. The molecule has 1 fully saturated rings. The van der Waals surface area contributed by atoms with Crippen molar-refractivity contribution in [3.63, 3.8) is 0 Å². The van der Waals surface area contributed by atoms with Gasteiger partial charge in [0.15, 0.2) is 0 Å². The van der Waals surface area contributed by atoms with Gasteiger partial charge in [0.25, 0.3) is 11.7 Å². The van der Waals surface area contributed by atoms with Crippen LogP contribution in [0.1, 0.15) is 30.3 Å². The molecule has 7 nitrogen and oxygen atoms in total. The highest BCUT2D eigenvalue weighted by Crippen LogP contribution is 2.30. The van der Waals surface area contributed by atoms with Gasteiger partial charge in [0.1, 0.15) is 11.4 Å². The summed E-state index contributed by atoms with van der Waals surface area (Å²) < 4.78 is 12.1. The minimum Gasteiger partial charge on any atom is -0.497 e. The number of ketones is 1. The average Bonchev–Trinajstić information content (AvgIpc) is 3.23. The number of amides is 1. The average molecular weight is 434 g/mol. The molecule has 1 saturated heterocycles. The van der Waals surface area contributed by atoms with Crippen molar-refractivity contribution in [1.29, 1.82) is 0 Å². The molecule has 0 radical (unpaired) electrons. The molecule has 0 unspecified atom stereocenters. The van der Waals surface area contributed by atoms with Crippen LogP contribution >= 0.6 is 0 Å². The standard InChI is InChI=1S/C25H26N2O5/c1-3-32-25(30)18-11-14-26(15-12-18)24(29)23(28)22-21(16-19-6-4-5-13-27(19)22)17-7-9-20(31-2)10-8-17/h4-10,13,16,18H,3,11-12,14-15H2,1-2H3. The number of hydrogen-bond donors (Lipinski definition) is 0. The maximum atomic E-state index is 13.4. The van der Waals surface area contributed by atoms with E-state index in [-0.39, 0.29) is 11.9 Å². The summed E-state index contributed by atoms with van der Waals surface area (Å²) >= 11 is 0. The van der Waals surface area contributed by atoms with Gasteiger partial charge in [-0.15, -0.1) is 0 Å². The SMILES string of the molecule is CCOC(=O)C1CCN(C(=O)C(=O)c2c(-c3ccc(OC)cc3)cc3ccccn23)CC1. The van der Waals surface area contributed by atoms with Gasteiger partial charge >= 0.3 is 5.97 Å². The van der Waals surface area contributed by atoms with Crippen LogP contribution in [0.25, 0.3) is 16.6 Å². The quantitative estimate of drug-likeness (QED) is 0.337. The first-order valence-corrected chi connectivity index (χ1v) is 10.8. The van der Waals surface area contributed by atoms with Crippen molar-refractivity contribution in [2.45, 2.75) is 19.8 Å². The summed E-state index contributed by atoms with van der Waals surface area (Å²) in [6.45, 7) is 2.83. The van der Waals surface area contributed by atoms with Gasteiger partial charge in [-0.25, -0.2) is 0 Å². The molecule has 3 aromatic rings. The van der Waals surface area contributed by atoms with Gasteiger partial charge in [-0.3, -0.25) is 14.4 Å². The molecular weight excluding hydrogens is 408 g/mol. The second-order valence-corrected chi connectivity index (χ2v) is 7.78. The Bertz CT molecular complexity index is 1140. The Labute approximate surface area is 186 Å². The van der Waals surface area contributed by atoms with Gasteiger partial charge < -0.3 is 18.8 Å². The van der Waals surface area contributed by atoms with Gasteiger partial charge in [-0.05, 0) is 55.7 Å². The smallest absolute Gasteiger partial charge is 0.309 e. The van der Waals surface area contributed by atoms with Gasteiger partial charge in [-0.2, -0.15) is 0 Å². The molecule has 1 aliphatic heterocycles. The second-order valence-electron chi connectivity index (χ2n) is 7.78. The lowest BCUT2D eigenvalue weighted by Crippen LogP contribution is -2.44. The predicted molar refractivity (Wildman–Crippen MR) is 120 cm³/mol. The van der Waals surface area contributed by atoms with E-state index in [9.17, 15) is 14.4 Å². The van der Waals surface area contributed by atoms with E-state index in [1.165, 1.54) is 4.90 Å². The molecule has 4 rings (SSSR count). The molecule has 1 aromatic carbocycles. The number of hydrogen-bond acceptors (Lipinski definition) is 5. The molecule has 1 amide bonds. The van der Waals surface area contributed by atoms with E-state index in [0.717, 1.165) is 11.1 Å². The highest BCUT2D eigenvalue weighted by Gasteiger charge is 2.33. The number of carbonyl (C=O) groups excluding carboxylic acids is 3. The van der Waals surface area contributed by atoms with Gasteiger partial charge in [0.2, 0.25) is 0 Å². The molecule has 0 aliphatic carbocycles.